The van der Waals surface area contributed by atoms with Crippen LogP contribution in [0.5, 0.6) is 11.5 Å². The molecule has 2 N–H and O–H groups in total. The molecule has 0 atom stereocenters. The van der Waals surface area contributed by atoms with Crippen LogP contribution in [0, 0.1) is 0 Å². The number of ether oxygens (including phenoxy) is 1. The lowest BCUT2D eigenvalue weighted by Gasteiger charge is -2.06. The molecule has 4 heteroatoms. The zero-order valence-electron chi connectivity index (χ0n) is 16.3. The number of unbranched alkanes of at least 4 members (excludes halogenated alkanes) is 11. The smallest absolute Gasteiger partial charge is 0.310 e. The molecule has 0 aliphatic rings. The first-order valence-corrected chi connectivity index (χ1v) is 10.3. The molecule has 0 aliphatic heterocycles. The molecule has 0 saturated heterocycles. The van der Waals surface area contributed by atoms with Crippen molar-refractivity contribution in [2.24, 2.45) is 0 Å². The molecule has 0 amide bonds. The summed E-state index contributed by atoms with van der Waals surface area (Å²) in [5.74, 6) is -0.416. The molecule has 0 fully saturated rings. The molecule has 0 bridgehead atoms. The number of esters is 1. The van der Waals surface area contributed by atoms with Crippen LogP contribution in [0.2, 0.25) is 0 Å². The zero-order chi connectivity index (χ0) is 19.0. The van der Waals surface area contributed by atoms with Crippen molar-refractivity contribution in [1.29, 1.82) is 0 Å². The van der Waals surface area contributed by atoms with Gasteiger partial charge in [-0.2, -0.15) is 0 Å². The Balaban J connectivity index is 1.91. The van der Waals surface area contributed by atoms with Crippen molar-refractivity contribution in [3.8, 4) is 11.5 Å². The standard InChI is InChI=1S/C22H36O4/c1-2-3-4-5-6-7-8-9-10-11-12-13-14-26-22(25)17-19-15-20(23)18-21(24)16-19/h15-16,18,23-24H,2-14,17H2,1H3. The van der Waals surface area contributed by atoms with E-state index in [2.05, 4.69) is 6.92 Å². The molecular formula is C22H36O4. The SMILES string of the molecule is CCCCCCCCCCCCCCOC(=O)Cc1cc(O)cc(O)c1. The van der Waals surface area contributed by atoms with Crippen molar-refractivity contribution in [3.05, 3.63) is 23.8 Å². The molecule has 0 aromatic heterocycles. The summed E-state index contributed by atoms with van der Waals surface area (Å²) in [4.78, 5) is 11.8. The number of carbonyl (C=O) groups excluding carboxylic acids is 1. The van der Waals surface area contributed by atoms with Crippen LogP contribution < -0.4 is 0 Å². The van der Waals surface area contributed by atoms with Crippen LogP contribution in [0.25, 0.3) is 0 Å². The maximum atomic E-state index is 11.8. The first-order chi connectivity index (χ1) is 12.6. The largest absolute Gasteiger partial charge is 0.508 e. The van der Waals surface area contributed by atoms with E-state index < -0.39 is 0 Å². The Morgan fingerprint density at radius 2 is 1.23 bits per heavy atom. The van der Waals surface area contributed by atoms with E-state index in [-0.39, 0.29) is 23.9 Å². The first-order valence-electron chi connectivity index (χ1n) is 10.3. The summed E-state index contributed by atoms with van der Waals surface area (Å²) in [7, 11) is 0. The minimum absolute atomic E-state index is 0.0474. The van der Waals surface area contributed by atoms with Gasteiger partial charge in [0.25, 0.3) is 0 Å². The van der Waals surface area contributed by atoms with Crippen molar-refractivity contribution < 1.29 is 19.7 Å². The van der Waals surface area contributed by atoms with Crippen LogP contribution in [-0.2, 0) is 16.0 Å². The van der Waals surface area contributed by atoms with Crippen molar-refractivity contribution in [1.82, 2.24) is 0 Å². The Morgan fingerprint density at radius 3 is 1.73 bits per heavy atom. The molecule has 1 aromatic carbocycles. The summed E-state index contributed by atoms with van der Waals surface area (Å²) in [6.45, 7) is 2.70. The summed E-state index contributed by atoms with van der Waals surface area (Å²) < 4.78 is 5.22. The van der Waals surface area contributed by atoms with Gasteiger partial charge >= 0.3 is 5.97 Å². The number of carbonyl (C=O) groups is 1. The molecule has 0 heterocycles. The average Bonchev–Trinajstić information content (AvgIpc) is 2.58. The third-order valence-electron chi connectivity index (χ3n) is 4.57. The van der Waals surface area contributed by atoms with Gasteiger partial charge in [0.2, 0.25) is 0 Å². The number of phenols is 2. The van der Waals surface area contributed by atoms with Gasteiger partial charge in [-0.05, 0) is 24.1 Å². The molecule has 1 rings (SSSR count). The highest BCUT2D eigenvalue weighted by molar-refractivity contribution is 5.72. The summed E-state index contributed by atoms with van der Waals surface area (Å²) >= 11 is 0. The van der Waals surface area contributed by atoms with E-state index in [1.807, 2.05) is 0 Å². The summed E-state index contributed by atoms with van der Waals surface area (Å²) in [5.41, 5.74) is 0.558. The second-order valence-corrected chi connectivity index (χ2v) is 7.14. The van der Waals surface area contributed by atoms with E-state index in [0.29, 0.717) is 12.2 Å². The van der Waals surface area contributed by atoms with Gasteiger partial charge in [0.1, 0.15) is 11.5 Å². The monoisotopic (exact) mass is 364 g/mol. The van der Waals surface area contributed by atoms with Crippen LogP contribution in [0.15, 0.2) is 18.2 Å². The Morgan fingerprint density at radius 1 is 0.769 bits per heavy atom. The first kappa shape index (κ1) is 22.3. The third-order valence-corrected chi connectivity index (χ3v) is 4.57. The number of aromatic hydroxyl groups is 2. The zero-order valence-corrected chi connectivity index (χ0v) is 16.3. The van der Waals surface area contributed by atoms with Crippen molar-refractivity contribution in [2.75, 3.05) is 6.61 Å². The fourth-order valence-electron chi connectivity index (χ4n) is 3.11. The Labute approximate surface area is 158 Å². The second kappa shape index (κ2) is 14.5. The molecule has 0 spiro atoms. The Hall–Kier alpha value is -1.71. The van der Waals surface area contributed by atoms with Gasteiger partial charge in [0, 0.05) is 6.07 Å². The normalized spacial score (nSPS) is 10.8. The molecule has 26 heavy (non-hydrogen) atoms. The molecule has 1 aromatic rings. The molecular weight excluding hydrogens is 328 g/mol. The van der Waals surface area contributed by atoms with Gasteiger partial charge in [-0.15, -0.1) is 0 Å². The second-order valence-electron chi connectivity index (χ2n) is 7.14. The highest BCUT2D eigenvalue weighted by atomic mass is 16.5. The maximum Gasteiger partial charge on any atom is 0.310 e. The Bertz CT molecular complexity index is 479. The summed E-state index contributed by atoms with van der Waals surface area (Å²) in [5, 5.41) is 18.8. The van der Waals surface area contributed by atoms with Gasteiger partial charge in [-0.3, -0.25) is 4.79 Å². The van der Waals surface area contributed by atoms with Gasteiger partial charge in [0.05, 0.1) is 13.0 Å². The lowest BCUT2D eigenvalue weighted by molar-refractivity contribution is -0.142. The van der Waals surface area contributed by atoms with Crippen molar-refractivity contribution >= 4 is 5.97 Å². The predicted molar refractivity (Wildman–Crippen MR) is 106 cm³/mol. The average molecular weight is 365 g/mol. The van der Waals surface area contributed by atoms with Gasteiger partial charge in [-0.1, -0.05) is 77.6 Å². The lowest BCUT2D eigenvalue weighted by Crippen LogP contribution is -2.09. The third kappa shape index (κ3) is 11.8. The molecule has 0 radical (unpaired) electrons. The van der Waals surface area contributed by atoms with E-state index in [4.69, 9.17) is 4.74 Å². The highest BCUT2D eigenvalue weighted by Crippen LogP contribution is 2.21. The number of rotatable bonds is 15. The molecule has 4 nitrogen and oxygen atoms in total. The maximum absolute atomic E-state index is 11.8. The Kier molecular flexibility index (Phi) is 12.4. The molecule has 0 saturated carbocycles. The van der Waals surface area contributed by atoms with Crippen LogP contribution >= 0.6 is 0 Å². The fraction of sp³-hybridized carbons (Fsp3) is 0.682. The molecule has 0 unspecified atom stereocenters. The van der Waals surface area contributed by atoms with Crippen LogP contribution in [-0.4, -0.2) is 22.8 Å². The van der Waals surface area contributed by atoms with E-state index in [1.54, 1.807) is 0 Å². The summed E-state index contributed by atoms with van der Waals surface area (Å²) in [6.07, 6.45) is 15.4. The number of hydrogen-bond acceptors (Lipinski definition) is 4. The fourth-order valence-corrected chi connectivity index (χ4v) is 3.11. The van der Waals surface area contributed by atoms with Crippen LogP contribution in [0.4, 0.5) is 0 Å². The van der Waals surface area contributed by atoms with Crippen molar-refractivity contribution in [2.45, 2.75) is 90.4 Å². The lowest BCUT2D eigenvalue weighted by atomic mass is 10.1. The van der Waals surface area contributed by atoms with Crippen LogP contribution in [0.1, 0.15) is 89.5 Å². The van der Waals surface area contributed by atoms with Crippen molar-refractivity contribution in [3.63, 3.8) is 0 Å². The molecule has 0 aliphatic carbocycles. The number of hydrogen-bond donors (Lipinski definition) is 2. The quantitative estimate of drug-likeness (QED) is 0.301. The highest BCUT2D eigenvalue weighted by Gasteiger charge is 2.07. The van der Waals surface area contributed by atoms with Gasteiger partial charge < -0.3 is 14.9 Å². The van der Waals surface area contributed by atoms with E-state index in [0.717, 1.165) is 12.8 Å². The predicted octanol–water partition coefficient (Wildman–Crippen LogP) is 5.88. The number of phenolic OH excluding ortho intramolecular Hbond substituents is 2. The van der Waals surface area contributed by atoms with Gasteiger partial charge in [0.15, 0.2) is 0 Å². The minimum Gasteiger partial charge on any atom is -0.508 e. The van der Waals surface area contributed by atoms with Crippen LogP contribution in [0.3, 0.4) is 0 Å². The topological polar surface area (TPSA) is 66.8 Å². The number of benzene rings is 1. The summed E-state index contributed by atoms with van der Waals surface area (Å²) in [6, 6.07) is 4.16. The molecule has 148 valence electrons. The van der Waals surface area contributed by atoms with Gasteiger partial charge in [-0.25, -0.2) is 0 Å². The minimum atomic E-state index is -0.321. The van der Waals surface area contributed by atoms with E-state index >= 15 is 0 Å². The van der Waals surface area contributed by atoms with E-state index in [1.165, 1.54) is 82.4 Å². The van der Waals surface area contributed by atoms with E-state index in [9.17, 15) is 15.0 Å².